The zero-order chi connectivity index (χ0) is 16.1. The van der Waals surface area contributed by atoms with Crippen LogP contribution < -0.4 is 10.6 Å². The lowest BCUT2D eigenvalue weighted by Gasteiger charge is -2.11. The number of aliphatic hydroxyl groups is 1. The Hall–Kier alpha value is -2.34. The van der Waals surface area contributed by atoms with Crippen LogP contribution in [-0.4, -0.2) is 17.7 Å². The predicted octanol–water partition coefficient (Wildman–Crippen LogP) is 3.28. The summed E-state index contributed by atoms with van der Waals surface area (Å²) in [6.07, 6.45) is -0.379. The monoisotopic (exact) mass is 306 g/mol. The molecule has 3 N–H and O–H groups in total. The molecule has 1 aromatic carbocycles. The Labute approximate surface area is 128 Å². The summed E-state index contributed by atoms with van der Waals surface area (Å²) < 4.78 is 18.7. The second-order valence-corrected chi connectivity index (χ2v) is 5.03. The Kier molecular flexibility index (Phi) is 5.16. The SMILES string of the molecule is Cc1cc(C(O)CCNC(=O)Nc2ccccc2F)c(C)o1. The van der Waals surface area contributed by atoms with Crippen molar-refractivity contribution in [3.05, 3.63) is 53.2 Å². The summed E-state index contributed by atoms with van der Waals surface area (Å²) in [7, 11) is 0. The van der Waals surface area contributed by atoms with Gasteiger partial charge in [0.25, 0.3) is 0 Å². The van der Waals surface area contributed by atoms with Crippen molar-refractivity contribution in [1.29, 1.82) is 0 Å². The molecular weight excluding hydrogens is 287 g/mol. The van der Waals surface area contributed by atoms with Crippen molar-refractivity contribution in [2.45, 2.75) is 26.4 Å². The van der Waals surface area contributed by atoms with Crippen LogP contribution in [-0.2, 0) is 0 Å². The molecule has 22 heavy (non-hydrogen) atoms. The smallest absolute Gasteiger partial charge is 0.319 e. The van der Waals surface area contributed by atoms with Crippen molar-refractivity contribution < 1.29 is 18.7 Å². The van der Waals surface area contributed by atoms with E-state index in [9.17, 15) is 14.3 Å². The zero-order valence-electron chi connectivity index (χ0n) is 12.5. The second kappa shape index (κ2) is 7.09. The third-order valence-electron chi connectivity index (χ3n) is 3.26. The number of para-hydroxylation sites is 1. The molecule has 118 valence electrons. The summed E-state index contributed by atoms with van der Waals surface area (Å²) in [5.74, 6) is 0.903. The number of halogens is 1. The van der Waals surface area contributed by atoms with Gasteiger partial charge in [-0.05, 0) is 38.5 Å². The van der Waals surface area contributed by atoms with E-state index >= 15 is 0 Å². The van der Waals surface area contributed by atoms with Crippen molar-refractivity contribution >= 4 is 11.7 Å². The average Bonchev–Trinajstić information content (AvgIpc) is 2.80. The molecule has 0 aliphatic heterocycles. The highest BCUT2D eigenvalue weighted by atomic mass is 19.1. The first-order chi connectivity index (χ1) is 10.5. The molecule has 1 unspecified atom stereocenters. The normalized spacial score (nSPS) is 12.0. The quantitative estimate of drug-likeness (QED) is 0.793. The van der Waals surface area contributed by atoms with Gasteiger partial charge in [-0.1, -0.05) is 12.1 Å². The predicted molar refractivity (Wildman–Crippen MR) is 81.2 cm³/mol. The summed E-state index contributed by atoms with van der Waals surface area (Å²) in [4.78, 5) is 11.7. The van der Waals surface area contributed by atoms with Crippen LogP contribution in [0.15, 0.2) is 34.7 Å². The van der Waals surface area contributed by atoms with Gasteiger partial charge in [0.2, 0.25) is 0 Å². The molecular formula is C16H19FN2O3. The van der Waals surface area contributed by atoms with Crippen LogP contribution >= 0.6 is 0 Å². The van der Waals surface area contributed by atoms with Gasteiger partial charge in [0, 0.05) is 12.1 Å². The largest absolute Gasteiger partial charge is 0.466 e. The van der Waals surface area contributed by atoms with Crippen LogP contribution in [0.5, 0.6) is 0 Å². The Bertz CT molecular complexity index is 655. The van der Waals surface area contributed by atoms with Crippen LogP contribution in [0.3, 0.4) is 0 Å². The molecule has 6 heteroatoms. The summed E-state index contributed by atoms with van der Waals surface area (Å²) in [6.45, 7) is 3.85. The van der Waals surface area contributed by atoms with E-state index in [0.717, 1.165) is 5.76 Å². The van der Waals surface area contributed by atoms with Gasteiger partial charge in [0.15, 0.2) is 0 Å². The fourth-order valence-electron chi connectivity index (χ4n) is 2.19. The Balaban J connectivity index is 1.80. The highest BCUT2D eigenvalue weighted by Crippen LogP contribution is 2.23. The van der Waals surface area contributed by atoms with E-state index in [4.69, 9.17) is 4.42 Å². The Morgan fingerprint density at radius 2 is 2.09 bits per heavy atom. The summed E-state index contributed by atoms with van der Waals surface area (Å²) in [5, 5.41) is 15.1. The molecule has 2 aromatic rings. The standard InChI is InChI=1S/C16H19FN2O3/c1-10-9-12(11(2)22-10)15(20)7-8-18-16(21)19-14-6-4-3-5-13(14)17/h3-6,9,15,20H,7-8H2,1-2H3,(H2,18,19,21). The van der Waals surface area contributed by atoms with Gasteiger partial charge in [0.05, 0.1) is 11.8 Å². The number of nitrogens with one attached hydrogen (secondary N) is 2. The molecule has 1 heterocycles. The zero-order valence-corrected chi connectivity index (χ0v) is 12.5. The molecule has 5 nitrogen and oxygen atoms in total. The number of hydrogen-bond acceptors (Lipinski definition) is 3. The second-order valence-electron chi connectivity index (χ2n) is 5.03. The molecule has 0 radical (unpaired) electrons. The highest BCUT2D eigenvalue weighted by molar-refractivity contribution is 5.89. The van der Waals surface area contributed by atoms with Crippen molar-refractivity contribution in [3.8, 4) is 0 Å². The van der Waals surface area contributed by atoms with Crippen molar-refractivity contribution in [3.63, 3.8) is 0 Å². The van der Waals surface area contributed by atoms with Crippen molar-refractivity contribution in [1.82, 2.24) is 5.32 Å². The maximum absolute atomic E-state index is 13.4. The lowest BCUT2D eigenvalue weighted by molar-refractivity contribution is 0.165. The molecule has 0 bridgehead atoms. The molecule has 1 atom stereocenters. The highest BCUT2D eigenvalue weighted by Gasteiger charge is 2.14. The number of carbonyl (C=O) groups excluding carboxylic acids is 1. The number of carbonyl (C=O) groups is 1. The minimum Gasteiger partial charge on any atom is -0.466 e. The van der Waals surface area contributed by atoms with Gasteiger partial charge in [-0.25, -0.2) is 9.18 Å². The third-order valence-corrected chi connectivity index (χ3v) is 3.26. The molecule has 0 saturated carbocycles. The molecule has 2 rings (SSSR count). The fraction of sp³-hybridized carbons (Fsp3) is 0.312. The topological polar surface area (TPSA) is 74.5 Å². The van der Waals surface area contributed by atoms with Crippen molar-refractivity contribution in [2.75, 3.05) is 11.9 Å². The molecule has 0 aliphatic carbocycles. The van der Waals surface area contributed by atoms with Crippen LogP contribution in [0.4, 0.5) is 14.9 Å². The number of anilines is 1. The average molecular weight is 306 g/mol. The van der Waals surface area contributed by atoms with Gasteiger partial charge in [-0.2, -0.15) is 0 Å². The minimum atomic E-state index is -0.716. The summed E-state index contributed by atoms with van der Waals surface area (Å²) in [6, 6.07) is 7.18. The van der Waals surface area contributed by atoms with Gasteiger partial charge < -0.3 is 20.2 Å². The van der Waals surface area contributed by atoms with E-state index in [1.165, 1.54) is 12.1 Å². The van der Waals surface area contributed by atoms with Crippen LogP contribution in [0.1, 0.15) is 29.6 Å². The first-order valence-corrected chi connectivity index (χ1v) is 7.01. The lowest BCUT2D eigenvalue weighted by atomic mass is 10.1. The number of hydrogen-bond donors (Lipinski definition) is 3. The maximum Gasteiger partial charge on any atom is 0.319 e. The number of aliphatic hydroxyl groups excluding tert-OH is 1. The third kappa shape index (κ3) is 4.08. The fourth-order valence-corrected chi connectivity index (χ4v) is 2.19. The molecule has 2 amide bonds. The molecule has 0 saturated heterocycles. The summed E-state index contributed by atoms with van der Waals surface area (Å²) in [5.41, 5.74) is 0.829. The van der Waals surface area contributed by atoms with E-state index in [1.807, 2.05) is 6.92 Å². The first-order valence-electron chi connectivity index (χ1n) is 7.01. The number of rotatable bonds is 5. The van der Waals surface area contributed by atoms with E-state index in [2.05, 4.69) is 10.6 Å². The number of benzene rings is 1. The van der Waals surface area contributed by atoms with Gasteiger partial charge in [0.1, 0.15) is 17.3 Å². The van der Waals surface area contributed by atoms with Crippen LogP contribution in [0, 0.1) is 19.7 Å². The lowest BCUT2D eigenvalue weighted by Crippen LogP contribution is -2.30. The summed E-state index contributed by atoms with van der Waals surface area (Å²) >= 11 is 0. The Morgan fingerprint density at radius 1 is 1.36 bits per heavy atom. The molecule has 0 aliphatic rings. The van der Waals surface area contributed by atoms with E-state index in [-0.39, 0.29) is 12.2 Å². The maximum atomic E-state index is 13.4. The van der Waals surface area contributed by atoms with Gasteiger partial charge >= 0.3 is 6.03 Å². The van der Waals surface area contributed by atoms with E-state index < -0.39 is 18.0 Å². The molecule has 1 aromatic heterocycles. The van der Waals surface area contributed by atoms with Gasteiger partial charge in [-0.3, -0.25) is 0 Å². The number of urea groups is 1. The number of aryl methyl sites for hydroxylation is 2. The Morgan fingerprint density at radius 3 is 2.73 bits per heavy atom. The van der Waals surface area contributed by atoms with Gasteiger partial charge in [-0.15, -0.1) is 0 Å². The first kappa shape index (κ1) is 16.0. The van der Waals surface area contributed by atoms with Crippen LogP contribution in [0.25, 0.3) is 0 Å². The molecule has 0 fully saturated rings. The number of furan rings is 1. The minimum absolute atomic E-state index is 0.113. The van der Waals surface area contributed by atoms with E-state index in [0.29, 0.717) is 17.7 Å². The van der Waals surface area contributed by atoms with Crippen molar-refractivity contribution in [2.24, 2.45) is 0 Å². The number of amides is 2. The molecule has 0 spiro atoms. The van der Waals surface area contributed by atoms with Crippen LogP contribution in [0.2, 0.25) is 0 Å². The van der Waals surface area contributed by atoms with E-state index in [1.54, 1.807) is 25.1 Å².